The van der Waals surface area contributed by atoms with Gasteiger partial charge in [-0.15, -0.1) is 0 Å². The summed E-state index contributed by atoms with van der Waals surface area (Å²) in [5.74, 6) is 1.48. The van der Waals surface area contributed by atoms with Gasteiger partial charge in [-0.05, 0) is 55.8 Å². The van der Waals surface area contributed by atoms with Crippen LogP contribution in [-0.4, -0.2) is 35.7 Å². The maximum Gasteiger partial charge on any atom is 0.321 e. The van der Waals surface area contributed by atoms with Crippen molar-refractivity contribution < 1.29 is 14.6 Å². The smallest absolute Gasteiger partial charge is 0.321 e. The summed E-state index contributed by atoms with van der Waals surface area (Å²) in [6.07, 6.45) is 0. The number of carbonyl (C=O) groups excluding carboxylic acids is 1. The van der Waals surface area contributed by atoms with Crippen molar-refractivity contribution in [1.82, 2.24) is 4.90 Å². The molecule has 0 unspecified atom stereocenters. The number of nitrogens with zero attached hydrogens (tertiary/aromatic N) is 1. The molecule has 0 spiro atoms. The van der Waals surface area contributed by atoms with Crippen molar-refractivity contribution in [3.8, 4) is 11.5 Å². The van der Waals surface area contributed by atoms with Crippen LogP contribution in [0.4, 0.5) is 10.5 Å². The molecule has 0 aliphatic carbocycles. The fraction of sp³-hybridized carbons (Fsp3) is 0.278. The molecular weight excluding hydrogens is 292 g/mol. The molecule has 0 aromatic heterocycles. The second-order valence-electron chi connectivity index (χ2n) is 5.18. The number of carbonyl (C=O) groups is 1. The van der Waals surface area contributed by atoms with Gasteiger partial charge in [-0.3, -0.25) is 0 Å². The number of aliphatic hydroxyl groups is 1. The van der Waals surface area contributed by atoms with E-state index in [9.17, 15) is 4.79 Å². The third-order valence-electron chi connectivity index (χ3n) is 3.37. The molecule has 0 aliphatic heterocycles. The summed E-state index contributed by atoms with van der Waals surface area (Å²) >= 11 is 0. The van der Waals surface area contributed by atoms with E-state index < -0.39 is 0 Å². The van der Waals surface area contributed by atoms with Crippen LogP contribution in [0.5, 0.6) is 11.5 Å². The van der Waals surface area contributed by atoms with Gasteiger partial charge in [-0.1, -0.05) is 12.1 Å². The predicted molar refractivity (Wildman–Crippen MR) is 91.0 cm³/mol. The summed E-state index contributed by atoms with van der Waals surface area (Å²) in [6, 6.07) is 14.8. The SMILES string of the molecule is CCN(CCO)C(=O)Nc1ccc(Oc2cccc(C)c2)cc1. The molecular formula is C18H22N2O3. The number of amides is 2. The predicted octanol–water partition coefficient (Wildman–Crippen LogP) is 3.63. The summed E-state index contributed by atoms with van der Waals surface area (Å²) in [5.41, 5.74) is 1.82. The average Bonchev–Trinajstić information content (AvgIpc) is 2.54. The van der Waals surface area contributed by atoms with E-state index >= 15 is 0 Å². The molecule has 2 N–H and O–H groups in total. The second-order valence-corrected chi connectivity index (χ2v) is 5.18. The van der Waals surface area contributed by atoms with E-state index in [1.54, 1.807) is 24.3 Å². The Hall–Kier alpha value is -2.53. The summed E-state index contributed by atoms with van der Waals surface area (Å²) in [4.78, 5) is 13.6. The normalized spacial score (nSPS) is 10.2. The van der Waals surface area contributed by atoms with Crippen molar-refractivity contribution >= 4 is 11.7 Å². The minimum Gasteiger partial charge on any atom is -0.457 e. The summed E-state index contributed by atoms with van der Waals surface area (Å²) in [7, 11) is 0. The third-order valence-corrected chi connectivity index (χ3v) is 3.37. The minimum atomic E-state index is -0.228. The highest BCUT2D eigenvalue weighted by Gasteiger charge is 2.10. The molecule has 2 aromatic rings. The van der Waals surface area contributed by atoms with Gasteiger partial charge in [-0.25, -0.2) is 4.79 Å². The van der Waals surface area contributed by atoms with Crippen molar-refractivity contribution in [3.05, 3.63) is 54.1 Å². The van der Waals surface area contributed by atoms with Crippen LogP contribution in [-0.2, 0) is 0 Å². The van der Waals surface area contributed by atoms with Crippen LogP contribution in [0.2, 0.25) is 0 Å². The van der Waals surface area contributed by atoms with Crippen molar-refractivity contribution in [2.24, 2.45) is 0 Å². The van der Waals surface area contributed by atoms with E-state index in [1.165, 1.54) is 4.90 Å². The average molecular weight is 314 g/mol. The Balaban J connectivity index is 1.98. The summed E-state index contributed by atoms with van der Waals surface area (Å²) in [5, 5.41) is 11.7. The largest absolute Gasteiger partial charge is 0.457 e. The standard InChI is InChI=1S/C18H22N2O3/c1-3-20(11-12-21)18(22)19-15-7-9-16(10-8-15)23-17-6-4-5-14(2)13-17/h4-10,13,21H,3,11-12H2,1-2H3,(H,19,22). The number of urea groups is 1. The molecule has 23 heavy (non-hydrogen) atoms. The summed E-state index contributed by atoms with van der Waals surface area (Å²) in [6.45, 7) is 4.69. The fourth-order valence-corrected chi connectivity index (χ4v) is 2.15. The van der Waals surface area contributed by atoms with Crippen LogP contribution >= 0.6 is 0 Å². The van der Waals surface area contributed by atoms with E-state index in [2.05, 4.69) is 5.32 Å². The van der Waals surface area contributed by atoms with Gasteiger partial charge >= 0.3 is 6.03 Å². The van der Waals surface area contributed by atoms with E-state index in [0.29, 0.717) is 24.5 Å². The zero-order chi connectivity index (χ0) is 16.7. The first-order valence-electron chi connectivity index (χ1n) is 7.63. The number of anilines is 1. The molecule has 0 aliphatic rings. The number of likely N-dealkylation sites (N-methyl/N-ethyl adjacent to an activating group) is 1. The topological polar surface area (TPSA) is 61.8 Å². The van der Waals surface area contributed by atoms with Crippen molar-refractivity contribution in [2.75, 3.05) is 25.0 Å². The molecule has 0 fully saturated rings. The summed E-state index contributed by atoms with van der Waals surface area (Å²) < 4.78 is 5.77. The van der Waals surface area contributed by atoms with Gasteiger partial charge in [0.1, 0.15) is 11.5 Å². The van der Waals surface area contributed by atoms with Crippen molar-refractivity contribution in [2.45, 2.75) is 13.8 Å². The number of nitrogens with one attached hydrogen (secondary N) is 1. The molecule has 122 valence electrons. The van der Waals surface area contributed by atoms with Crippen LogP contribution < -0.4 is 10.1 Å². The van der Waals surface area contributed by atoms with Crippen molar-refractivity contribution in [1.29, 1.82) is 0 Å². The van der Waals surface area contributed by atoms with Crippen LogP contribution in [0, 0.1) is 6.92 Å². The lowest BCUT2D eigenvalue weighted by molar-refractivity contribution is 0.192. The highest BCUT2D eigenvalue weighted by Crippen LogP contribution is 2.23. The molecule has 0 atom stereocenters. The Labute approximate surface area is 136 Å². The molecule has 0 saturated carbocycles. The molecule has 0 bridgehead atoms. The quantitative estimate of drug-likeness (QED) is 0.856. The van der Waals surface area contributed by atoms with Gasteiger partial charge in [-0.2, -0.15) is 0 Å². The van der Waals surface area contributed by atoms with E-state index in [0.717, 1.165) is 11.3 Å². The van der Waals surface area contributed by atoms with E-state index in [-0.39, 0.29) is 12.6 Å². The Bertz CT molecular complexity index is 641. The second kappa shape index (κ2) is 8.19. The van der Waals surface area contributed by atoms with Crippen LogP contribution in [0.3, 0.4) is 0 Å². The van der Waals surface area contributed by atoms with E-state index in [1.807, 2.05) is 38.1 Å². The molecule has 0 heterocycles. The van der Waals surface area contributed by atoms with Gasteiger partial charge in [0.05, 0.1) is 6.61 Å². The maximum absolute atomic E-state index is 12.0. The highest BCUT2D eigenvalue weighted by molar-refractivity contribution is 5.89. The first kappa shape index (κ1) is 16.8. The van der Waals surface area contributed by atoms with E-state index in [4.69, 9.17) is 9.84 Å². The number of hydrogen-bond acceptors (Lipinski definition) is 3. The van der Waals surface area contributed by atoms with Gasteiger partial charge in [0.15, 0.2) is 0 Å². The Morgan fingerprint density at radius 3 is 2.52 bits per heavy atom. The number of hydrogen-bond donors (Lipinski definition) is 2. The zero-order valence-electron chi connectivity index (χ0n) is 13.5. The molecule has 5 heteroatoms. The fourth-order valence-electron chi connectivity index (χ4n) is 2.15. The molecule has 2 amide bonds. The first-order chi connectivity index (χ1) is 11.1. The Morgan fingerprint density at radius 2 is 1.91 bits per heavy atom. The monoisotopic (exact) mass is 314 g/mol. The van der Waals surface area contributed by atoms with Crippen LogP contribution in [0.25, 0.3) is 0 Å². The lowest BCUT2D eigenvalue weighted by Gasteiger charge is -2.20. The maximum atomic E-state index is 12.0. The number of aliphatic hydroxyl groups excluding tert-OH is 1. The number of aryl methyl sites for hydroxylation is 1. The molecule has 2 aromatic carbocycles. The Morgan fingerprint density at radius 1 is 1.17 bits per heavy atom. The van der Waals surface area contributed by atoms with Crippen LogP contribution in [0.1, 0.15) is 12.5 Å². The van der Waals surface area contributed by atoms with Gasteiger partial charge in [0.25, 0.3) is 0 Å². The number of benzene rings is 2. The van der Waals surface area contributed by atoms with Gasteiger partial charge in [0, 0.05) is 18.8 Å². The van der Waals surface area contributed by atoms with Gasteiger partial charge in [0.2, 0.25) is 0 Å². The molecule has 5 nitrogen and oxygen atoms in total. The number of ether oxygens (including phenoxy) is 1. The first-order valence-corrected chi connectivity index (χ1v) is 7.63. The highest BCUT2D eigenvalue weighted by atomic mass is 16.5. The number of rotatable bonds is 6. The Kier molecular flexibility index (Phi) is 6.00. The molecule has 0 radical (unpaired) electrons. The van der Waals surface area contributed by atoms with Gasteiger partial charge < -0.3 is 20.1 Å². The van der Waals surface area contributed by atoms with Crippen molar-refractivity contribution in [3.63, 3.8) is 0 Å². The zero-order valence-corrected chi connectivity index (χ0v) is 13.5. The molecule has 2 rings (SSSR count). The minimum absolute atomic E-state index is 0.0511. The third kappa shape index (κ3) is 5.00. The molecule has 0 saturated heterocycles. The lowest BCUT2D eigenvalue weighted by atomic mass is 10.2. The lowest BCUT2D eigenvalue weighted by Crippen LogP contribution is -2.36. The van der Waals surface area contributed by atoms with Crippen LogP contribution in [0.15, 0.2) is 48.5 Å².